The molecule has 0 bridgehead atoms. The van der Waals surface area contributed by atoms with E-state index in [1.165, 1.54) is 25.7 Å². The summed E-state index contributed by atoms with van der Waals surface area (Å²) in [5.74, 6) is 1.29. The monoisotopic (exact) mass is 259 g/mol. The second kappa shape index (κ2) is 4.83. The zero-order valence-corrected chi connectivity index (χ0v) is 10.9. The largest absolute Gasteiger partial charge is 0.368 e. The Balaban J connectivity index is 1.93. The van der Waals surface area contributed by atoms with Gasteiger partial charge in [-0.1, -0.05) is 12.8 Å². The predicted molar refractivity (Wildman–Crippen MR) is 72.0 cm³/mol. The number of hydrogen-bond acceptors (Lipinski definition) is 6. The Morgan fingerprint density at radius 2 is 2.05 bits per heavy atom. The van der Waals surface area contributed by atoms with Gasteiger partial charge in [-0.2, -0.15) is 20.1 Å². The maximum atomic E-state index is 5.77. The van der Waals surface area contributed by atoms with Crippen LogP contribution < -0.4 is 10.6 Å². The van der Waals surface area contributed by atoms with Crippen molar-refractivity contribution in [2.75, 3.05) is 17.7 Å². The van der Waals surface area contributed by atoms with Gasteiger partial charge >= 0.3 is 0 Å². The lowest BCUT2D eigenvalue weighted by Crippen LogP contribution is -2.31. The molecule has 7 heteroatoms. The first-order chi connectivity index (χ1) is 9.24. The average molecular weight is 259 g/mol. The molecule has 7 nitrogen and oxygen atoms in total. The van der Waals surface area contributed by atoms with Crippen molar-refractivity contribution in [2.24, 2.45) is 0 Å². The molecule has 0 unspecified atom stereocenters. The topological polar surface area (TPSA) is 85.8 Å². The molecule has 100 valence electrons. The van der Waals surface area contributed by atoms with Gasteiger partial charge in [-0.3, -0.25) is 0 Å². The Labute approximate surface area is 111 Å². The first-order valence-electron chi connectivity index (χ1n) is 6.48. The summed E-state index contributed by atoms with van der Waals surface area (Å²) in [6.07, 6.45) is 8.36. The van der Waals surface area contributed by atoms with Gasteiger partial charge in [0.15, 0.2) is 0 Å². The van der Waals surface area contributed by atoms with E-state index in [0.29, 0.717) is 17.9 Å². The predicted octanol–water partition coefficient (Wildman–Crippen LogP) is 1.02. The van der Waals surface area contributed by atoms with Crippen LogP contribution >= 0.6 is 0 Å². The van der Waals surface area contributed by atoms with E-state index in [2.05, 4.69) is 25.0 Å². The van der Waals surface area contributed by atoms with Crippen molar-refractivity contribution in [2.45, 2.75) is 31.7 Å². The van der Waals surface area contributed by atoms with Crippen molar-refractivity contribution >= 4 is 11.9 Å². The maximum absolute atomic E-state index is 5.77. The van der Waals surface area contributed by atoms with E-state index >= 15 is 0 Å². The number of nitrogen functional groups attached to an aromatic ring is 1. The molecule has 2 aromatic heterocycles. The fourth-order valence-corrected chi connectivity index (χ4v) is 2.47. The van der Waals surface area contributed by atoms with Crippen molar-refractivity contribution in [1.82, 2.24) is 24.7 Å². The summed E-state index contributed by atoms with van der Waals surface area (Å²) < 4.78 is 1.59. The summed E-state index contributed by atoms with van der Waals surface area (Å²) in [6, 6.07) is 2.31. The van der Waals surface area contributed by atoms with Gasteiger partial charge < -0.3 is 10.6 Å². The van der Waals surface area contributed by atoms with Crippen molar-refractivity contribution in [3.05, 3.63) is 18.5 Å². The minimum atomic E-state index is 0.223. The first kappa shape index (κ1) is 11.9. The summed E-state index contributed by atoms with van der Waals surface area (Å²) in [6.45, 7) is 0. The molecule has 1 aliphatic carbocycles. The summed E-state index contributed by atoms with van der Waals surface area (Å²) in [7, 11) is 2.01. The molecule has 2 heterocycles. The van der Waals surface area contributed by atoms with Crippen LogP contribution in [-0.4, -0.2) is 37.8 Å². The second-order valence-corrected chi connectivity index (χ2v) is 4.79. The fraction of sp³-hybridized carbons (Fsp3) is 0.500. The molecule has 0 saturated heterocycles. The van der Waals surface area contributed by atoms with Gasteiger partial charge in [-0.15, -0.1) is 0 Å². The van der Waals surface area contributed by atoms with Gasteiger partial charge in [0.1, 0.15) is 0 Å². The minimum absolute atomic E-state index is 0.223. The molecule has 1 fully saturated rings. The average Bonchev–Trinajstić information content (AvgIpc) is 3.10. The lowest BCUT2D eigenvalue weighted by molar-refractivity contribution is 0.634. The fourth-order valence-electron chi connectivity index (χ4n) is 2.47. The highest BCUT2D eigenvalue weighted by Gasteiger charge is 2.22. The van der Waals surface area contributed by atoms with Gasteiger partial charge in [0.25, 0.3) is 5.95 Å². The van der Waals surface area contributed by atoms with Gasteiger partial charge in [0.2, 0.25) is 11.9 Å². The van der Waals surface area contributed by atoms with Crippen LogP contribution in [0, 0.1) is 0 Å². The molecule has 0 aliphatic heterocycles. The normalized spacial score (nSPS) is 15.8. The molecule has 0 atom stereocenters. The number of aromatic nitrogens is 5. The Kier molecular flexibility index (Phi) is 3.02. The van der Waals surface area contributed by atoms with Gasteiger partial charge in [-0.25, -0.2) is 4.68 Å². The van der Waals surface area contributed by atoms with Crippen molar-refractivity contribution < 1.29 is 0 Å². The van der Waals surface area contributed by atoms with E-state index in [0.717, 1.165) is 0 Å². The van der Waals surface area contributed by atoms with Crippen molar-refractivity contribution in [3.8, 4) is 5.95 Å². The summed E-state index contributed by atoms with van der Waals surface area (Å²) in [5, 5.41) is 4.12. The Hall–Kier alpha value is -2.18. The van der Waals surface area contributed by atoms with Gasteiger partial charge in [0.05, 0.1) is 0 Å². The number of nitrogens with zero attached hydrogens (tertiary/aromatic N) is 6. The smallest absolute Gasteiger partial charge is 0.257 e. The van der Waals surface area contributed by atoms with E-state index in [4.69, 9.17) is 5.73 Å². The molecule has 3 rings (SSSR count). The maximum Gasteiger partial charge on any atom is 0.257 e. The Morgan fingerprint density at radius 1 is 1.26 bits per heavy atom. The van der Waals surface area contributed by atoms with Crippen molar-refractivity contribution in [3.63, 3.8) is 0 Å². The molecular formula is C12H17N7. The molecule has 1 saturated carbocycles. The molecule has 2 aromatic rings. The highest BCUT2D eigenvalue weighted by Crippen LogP contribution is 2.25. The Morgan fingerprint density at radius 3 is 2.74 bits per heavy atom. The van der Waals surface area contributed by atoms with Crippen LogP contribution in [0.4, 0.5) is 11.9 Å². The third-order valence-electron chi connectivity index (χ3n) is 3.53. The van der Waals surface area contributed by atoms with Gasteiger partial charge in [0, 0.05) is 25.5 Å². The van der Waals surface area contributed by atoms with Gasteiger partial charge in [-0.05, 0) is 18.9 Å². The lowest BCUT2D eigenvalue weighted by atomic mass is 10.2. The van der Waals surface area contributed by atoms with Crippen LogP contribution in [0.2, 0.25) is 0 Å². The summed E-state index contributed by atoms with van der Waals surface area (Å²) >= 11 is 0. The van der Waals surface area contributed by atoms with Crippen LogP contribution in [0.5, 0.6) is 0 Å². The SMILES string of the molecule is CN(c1nc(N)nc(-n2cccn2)n1)C1CCCC1. The van der Waals surface area contributed by atoms with E-state index in [-0.39, 0.29) is 5.95 Å². The number of hydrogen-bond donors (Lipinski definition) is 1. The number of anilines is 2. The van der Waals surface area contributed by atoms with E-state index < -0.39 is 0 Å². The summed E-state index contributed by atoms with van der Waals surface area (Å²) in [4.78, 5) is 14.9. The number of nitrogens with two attached hydrogens (primary N) is 1. The third kappa shape index (κ3) is 2.35. The van der Waals surface area contributed by atoms with Crippen LogP contribution in [0.15, 0.2) is 18.5 Å². The second-order valence-electron chi connectivity index (χ2n) is 4.79. The van der Waals surface area contributed by atoms with Crippen LogP contribution in [-0.2, 0) is 0 Å². The molecule has 1 aliphatic rings. The van der Waals surface area contributed by atoms with Crippen molar-refractivity contribution in [1.29, 1.82) is 0 Å². The van der Waals surface area contributed by atoms with E-state index in [1.807, 2.05) is 13.1 Å². The first-order valence-corrected chi connectivity index (χ1v) is 6.48. The zero-order valence-electron chi connectivity index (χ0n) is 10.9. The van der Waals surface area contributed by atoms with Crippen LogP contribution in [0.3, 0.4) is 0 Å². The molecule has 19 heavy (non-hydrogen) atoms. The van der Waals surface area contributed by atoms with E-state index in [9.17, 15) is 0 Å². The van der Waals surface area contributed by atoms with E-state index in [1.54, 1.807) is 17.1 Å². The molecule has 0 radical (unpaired) electrons. The molecular weight excluding hydrogens is 242 g/mol. The zero-order chi connectivity index (χ0) is 13.2. The highest BCUT2D eigenvalue weighted by atomic mass is 15.4. The highest BCUT2D eigenvalue weighted by molar-refractivity contribution is 5.38. The summed E-state index contributed by atoms with van der Waals surface area (Å²) in [5.41, 5.74) is 5.77. The molecule has 0 aromatic carbocycles. The minimum Gasteiger partial charge on any atom is -0.368 e. The standard InChI is InChI=1S/C12H17N7/c1-18(9-5-2-3-6-9)11-15-10(13)16-12(17-11)19-8-4-7-14-19/h4,7-9H,2-3,5-6H2,1H3,(H2,13,15,16,17). The quantitative estimate of drug-likeness (QED) is 0.885. The molecule has 2 N–H and O–H groups in total. The van der Waals surface area contributed by atoms with Crippen LogP contribution in [0.25, 0.3) is 5.95 Å². The van der Waals surface area contributed by atoms with Crippen LogP contribution in [0.1, 0.15) is 25.7 Å². The number of rotatable bonds is 3. The third-order valence-corrected chi connectivity index (χ3v) is 3.53. The molecule has 0 spiro atoms. The molecule has 0 amide bonds. The Bertz CT molecular complexity index is 545. The lowest BCUT2D eigenvalue weighted by Gasteiger charge is -2.24.